The first-order valence-electron chi connectivity index (χ1n) is 6.24. The summed E-state index contributed by atoms with van der Waals surface area (Å²) >= 11 is 3.46. The lowest BCUT2D eigenvalue weighted by molar-refractivity contribution is 0.588. The van der Waals surface area contributed by atoms with E-state index in [1.165, 1.54) is 44.9 Å². The monoisotopic (exact) mass is 284 g/mol. The summed E-state index contributed by atoms with van der Waals surface area (Å²) in [6, 6.07) is 0. The number of hydrogen-bond donors (Lipinski definition) is 0. The lowest BCUT2D eigenvalue weighted by Gasteiger charge is -2.01. The predicted molar refractivity (Wildman–Crippen MR) is 71.8 cm³/mol. The Kier molecular flexibility index (Phi) is 8.31. The van der Waals surface area contributed by atoms with Gasteiger partial charge in [0.25, 0.3) is 0 Å². The molecule has 2 nitrogen and oxygen atoms in total. The van der Waals surface area contributed by atoms with Crippen LogP contribution in [0.5, 0.6) is 0 Å². The van der Waals surface area contributed by atoms with Crippen LogP contribution in [0.15, 0.2) is 18.6 Å². The lowest BCUT2D eigenvalue weighted by atomic mass is 10.1. The molecule has 0 aliphatic rings. The van der Waals surface area contributed by atoms with Crippen molar-refractivity contribution in [3.63, 3.8) is 0 Å². The van der Waals surface area contributed by atoms with E-state index in [4.69, 9.17) is 0 Å². The maximum Gasteiger partial charge on any atom is 0.0586 e. The SMILES string of the molecule is BrCCCCCCCCCc1cnccn1. The van der Waals surface area contributed by atoms with Gasteiger partial charge >= 0.3 is 0 Å². The van der Waals surface area contributed by atoms with Crippen LogP contribution >= 0.6 is 15.9 Å². The zero-order valence-corrected chi connectivity index (χ0v) is 11.5. The molecule has 90 valence electrons. The minimum atomic E-state index is 1.08. The van der Waals surface area contributed by atoms with Gasteiger partial charge in [-0.05, 0) is 19.3 Å². The Hall–Kier alpha value is -0.440. The topological polar surface area (TPSA) is 25.8 Å². The summed E-state index contributed by atoms with van der Waals surface area (Å²) in [6.45, 7) is 0. The van der Waals surface area contributed by atoms with Crippen LogP contribution in [0.3, 0.4) is 0 Å². The molecule has 1 aromatic heterocycles. The Morgan fingerprint density at radius 1 is 0.875 bits per heavy atom. The van der Waals surface area contributed by atoms with E-state index in [1.807, 2.05) is 6.20 Å². The summed E-state index contributed by atoms with van der Waals surface area (Å²) in [5, 5.41) is 1.15. The number of hydrogen-bond acceptors (Lipinski definition) is 2. The number of aryl methyl sites for hydroxylation is 1. The van der Waals surface area contributed by atoms with Crippen molar-refractivity contribution < 1.29 is 0 Å². The minimum absolute atomic E-state index is 1.08. The summed E-state index contributed by atoms with van der Waals surface area (Å²) < 4.78 is 0. The molecule has 0 atom stereocenters. The van der Waals surface area contributed by atoms with Crippen molar-refractivity contribution in [2.45, 2.75) is 51.4 Å². The van der Waals surface area contributed by atoms with E-state index in [-0.39, 0.29) is 0 Å². The van der Waals surface area contributed by atoms with E-state index in [9.17, 15) is 0 Å². The van der Waals surface area contributed by atoms with Gasteiger partial charge in [0.2, 0.25) is 0 Å². The summed E-state index contributed by atoms with van der Waals surface area (Å²) in [5.74, 6) is 0. The van der Waals surface area contributed by atoms with Gasteiger partial charge in [0.1, 0.15) is 0 Å². The average molecular weight is 285 g/mol. The van der Waals surface area contributed by atoms with Crippen molar-refractivity contribution in [2.75, 3.05) is 5.33 Å². The molecule has 0 saturated carbocycles. The van der Waals surface area contributed by atoms with Crippen LogP contribution in [-0.2, 0) is 6.42 Å². The van der Waals surface area contributed by atoms with Crippen molar-refractivity contribution in [3.05, 3.63) is 24.3 Å². The quantitative estimate of drug-likeness (QED) is 0.503. The van der Waals surface area contributed by atoms with Gasteiger partial charge in [-0.1, -0.05) is 48.0 Å². The van der Waals surface area contributed by atoms with Crippen LogP contribution in [0.1, 0.15) is 50.6 Å². The van der Waals surface area contributed by atoms with Gasteiger partial charge in [-0.2, -0.15) is 0 Å². The van der Waals surface area contributed by atoms with Crippen molar-refractivity contribution >= 4 is 15.9 Å². The summed E-state index contributed by atoms with van der Waals surface area (Å²) in [5.41, 5.74) is 1.13. The normalized spacial score (nSPS) is 10.6. The summed E-state index contributed by atoms with van der Waals surface area (Å²) in [7, 11) is 0. The minimum Gasteiger partial charge on any atom is -0.261 e. The highest BCUT2D eigenvalue weighted by molar-refractivity contribution is 9.09. The predicted octanol–water partition coefficient (Wildman–Crippen LogP) is 4.14. The molecule has 0 N–H and O–H groups in total. The zero-order valence-electron chi connectivity index (χ0n) is 9.87. The third-order valence-corrected chi connectivity index (χ3v) is 3.24. The van der Waals surface area contributed by atoms with Gasteiger partial charge in [0.05, 0.1) is 5.69 Å². The Balaban J connectivity index is 1.89. The molecule has 0 amide bonds. The molecule has 1 rings (SSSR count). The summed E-state index contributed by atoms with van der Waals surface area (Å²) in [4.78, 5) is 8.34. The van der Waals surface area contributed by atoms with Gasteiger partial charge in [-0.15, -0.1) is 0 Å². The number of alkyl halides is 1. The number of rotatable bonds is 9. The second kappa shape index (κ2) is 9.76. The van der Waals surface area contributed by atoms with Gasteiger partial charge in [0.15, 0.2) is 0 Å². The van der Waals surface area contributed by atoms with E-state index in [1.54, 1.807) is 12.4 Å². The number of aromatic nitrogens is 2. The second-order valence-corrected chi connectivity index (χ2v) is 4.90. The first-order valence-corrected chi connectivity index (χ1v) is 7.36. The van der Waals surface area contributed by atoms with E-state index in [2.05, 4.69) is 25.9 Å². The second-order valence-electron chi connectivity index (χ2n) is 4.11. The molecular formula is C13H21BrN2. The molecule has 0 spiro atoms. The molecule has 0 bridgehead atoms. The van der Waals surface area contributed by atoms with Gasteiger partial charge in [-0.25, -0.2) is 0 Å². The zero-order chi connectivity index (χ0) is 11.5. The first kappa shape index (κ1) is 13.6. The van der Waals surface area contributed by atoms with Crippen molar-refractivity contribution in [1.82, 2.24) is 9.97 Å². The molecule has 0 aromatic carbocycles. The molecular weight excluding hydrogens is 264 g/mol. The van der Waals surface area contributed by atoms with E-state index in [0.717, 1.165) is 17.4 Å². The molecule has 0 radical (unpaired) electrons. The smallest absolute Gasteiger partial charge is 0.0586 e. The largest absolute Gasteiger partial charge is 0.261 e. The average Bonchev–Trinajstić information content (AvgIpc) is 2.34. The standard InChI is InChI=1S/C13H21BrN2/c14-9-7-5-3-1-2-4-6-8-13-12-15-10-11-16-13/h10-12H,1-9H2. The van der Waals surface area contributed by atoms with Crippen LogP contribution in [0, 0.1) is 0 Å². The maximum atomic E-state index is 4.27. The van der Waals surface area contributed by atoms with Crippen LogP contribution in [0.25, 0.3) is 0 Å². The van der Waals surface area contributed by atoms with Crippen molar-refractivity contribution in [3.8, 4) is 0 Å². The van der Waals surface area contributed by atoms with Gasteiger partial charge in [-0.3, -0.25) is 9.97 Å². The molecule has 0 fully saturated rings. The third-order valence-electron chi connectivity index (χ3n) is 2.68. The Bertz CT molecular complexity index is 251. The highest BCUT2D eigenvalue weighted by Gasteiger charge is 1.94. The van der Waals surface area contributed by atoms with E-state index < -0.39 is 0 Å². The molecule has 0 aliphatic carbocycles. The molecule has 0 saturated heterocycles. The highest BCUT2D eigenvalue weighted by Crippen LogP contribution is 2.09. The van der Waals surface area contributed by atoms with E-state index >= 15 is 0 Å². The van der Waals surface area contributed by atoms with Crippen molar-refractivity contribution in [1.29, 1.82) is 0 Å². The molecule has 1 aromatic rings. The fourth-order valence-corrected chi connectivity index (χ4v) is 2.14. The Morgan fingerprint density at radius 2 is 1.56 bits per heavy atom. The number of halogens is 1. The summed E-state index contributed by atoms with van der Waals surface area (Å²) in [6.07, 6.45) is 15.8. The third kappa shape index (κ3) is 6.94. The van der Waals surface area contributed by atoms with Crippen LogP contribution in [-0.4, -0.2) is 15.3 Å². The lowest BCUT2D eigenvalue weighted by Crippen LogP contribution is -1.90. The number of unbranched alkanes of at least 4 members (excludes halogenated alkanes) is 6. The fourth-order valence-electron chi connectivity index (χ4n) is 1.74. The molecule has 16 heavy (non-hydrogen) atoms. The first-order chi connectivity index (χ1) is 7.93. The van der Waals surface area contributed by atoms with Gasteiger partial charge < -0.3 is 0 Å². The van der Waals surface area contributed by atoms with Crippen LogP contribution in [0.4, 0.5) is 0 Å². The maximum absolute atomic E-state index is 4.27. The molecule has 0 aliphatic heterocycles. The fraction of sp³-hybridized carbons (Fsp3) is 0.692. The van der Waals surface area contributed by atoms with Crippen LogP contribution in [0.2, 0.25) is 0 Å². The van der Waals surface area contributed by atoms with E-state index in [0.29, 0.717) is 0 Å². The van der Waals surface area contributed by atoms with Gasteiger partial charge in [0, 0.05) is 23.9 Å². The Labute approximate surface area is 107 Å². The Morgan fingerprint density at radius 3 is 2.19 bits per heavy atom. The molecule has 1 heterocycles. The highest BCUT2D eigenvalue weighted by atomic mass is 79.9. The van der Waals surface area contributed by atoms with Crippen molar-refractivity contribution in [2.24, 2.45) is 0 Å². The molecule has 3 heteroatoms. The number of nitrogens with zero attached hydrogens (tertiary/aromatic N) is 2. The van der Waals surface area contributed by atoms with Crippen LogP contribution < -0.4 is 0 Å². The molecule has 0 unspecified atom stereocenters.